The van der Waals surface area contributed by atoms with E-state index in [-0.39, 0.29) is 23.0 Å². The third-order valence-corrected chi connectivity index (χ3v) is 4.37. The van der Waals surface area contributed by atoms with Gasteiger partial charge >= 0.3 is 0 Å². The summed E-state index contributed by atoms with van der Waals surface area (Å²) in [6, 6.07) is 3.73. The molecule has 1 aliphatic heterocycles. The molecule has 0 radical (unpaired) electrons. The molecule has 0 bridgehead atoms. The number of anilines is 1. The SMILES string of the molecule is Nc1c(F)cccc1S(=O)(=O)NCC1CCOC1. The Morgan fingerprint density at radius 2 is 2.28 bits per heavy atom. The molecule has 100 valence electrons. The molecular weight excluding hydrogens is 259 g/mol. The van der Waals surface area contributed by atoms with E-state index >= 15 is 0 Å². The fraction of sp³-hybridized carbons (Fsp3) is 0.455. The van der Waals surface area contributed by atoms with E-state index in [2.05, 4.69) is 4.72 Å². The van der Waals surface area contributed by atoms with Gasteiger partial charge in [-0.25, -0.2) is 17.5 Å². The van der Waals surface area contributed by atoms with E-state index in [0.717, 1.165) is 12.5 Å². The van der Waals surface area contributed by atoms with Gasteiger partial charge in [-0.1, -0.05) is 6.07 Å². The quantitative estimate of drug-likeness (QED) is 0.793. The van der Waals surface area contributed by atoms with Crippen LogP contribution in [-0.2, 0) is 14.8 Å². The maximum atomic E-state index is 13.2. The Morgan fingerprint density at radius 1 is 1.50 bits per heavy atom. The standard InChI is InChI=1S/C11H15FN2O3S/c12-9-2-1-3-10(11(9)13)18(15,16)14-6-8-4-5-17-7-8/h1-3,8,14H,4-7,13H2. The van der Waals surface area contributed by atoms with Gasteiger partial charge in [0.15, 0.2) is 0 Å². The molecule has 1 atom stereocenters. The van der Waals surface area contributed by atoms with Gasteiger partial charge in [0.25, 0.3) is 0 Å². The van der Waals surface area contributed by atoms with Crippen LogP contribution in [0.25, 0.3) is 0 Å². The fourth-order valence-electron chi connectivity index (χ4n) is 1.80. The van der Waals surface area contributed by atoms with E-state index in [0.29, 0.717) is 13.2 Å². The van der Waals surface area contributed by atoms with Crippen molar-refractivity contribution >= 4 is 15.7 Å². The highest BCUT2D eigenvalue weighted by Gasteiger charge is 2.22. The number of sulfonamides is 1. The van der Waals surface area contributed by atoms with Gasteiger partial charge in [0.1, 0.15) is 10.7 Å². The van der Waals surface area contributed by atoms with Crippen LogP contribution in [0.2, 0.25) is 0 Å². The zero-order chi connectivity index (χ0) is 13.2. The van der Waals surface area contributed by atoms with Crippen LogP contribution in [0.5, 0.6) is 0 Å². The van der Waals surface area contributed by atoms with E-state index in [4.69, 9.17) is 10.5 Å². The van der Waals surface area contributed by atoms with Gasteiger partial charge in [0.05, 0.1) is 12.3 Å². The van der Waals surface area contributed by atoms with Crippen molar-refractivity contribution < 1.29 is 17.5 Å². The number of rotatable bonds is 4. The number of halogens is 1. The highest BCUT2D eigenvalue weighted by atomic mass is 32.2. The maximum absolute atomic E-state index is 13.2. The minimum Gasteiger partial charge on any atom is -0.395 e. The fourth-order valence-corrected chi connectivity index (χ4v) is 3.06. The topological polar surface area (TPSA) is 81.4 Å². The molecule has 7 heteroatoms. The average molecular weight is 274 g/mol. The average Bonchev–Trinajstić information content (AvgIpc) is 2.83. The molecular formula is C11H15FN2O3S. The number of ether oxygens (including phenoxy) is 1. The smallest absolute Gasteiger partial charge is 0.242 e. The number of nitrogens with two attached hydrogens (primary N) is 1. The Balaban J connectivity index is 2.12. The minimum atomic E-state index is -3.77. The van der Waals surface area contributed by atoms with Crippen LogP contribution < -0.4 is 10.5 Å². The molecule has 1 heterocycles. The lowest BCUT2D eigenvalue weighted by Crippen LogP contribution is -2.30. The second-order valence-corrected chi connectivity index (χ2v) is 5.97. The third-order valence-electron chi connectivity index (χ3n) is 2.89. The first kappa shape index (κ1) is 13.3. The molecule has 1 aromatic rings. The normalized spacial score (nSPS) is 20.2. The van der Waals surface area contributed by atoms with Crippen LogP contribution in [-0.4, -0.2) is 28.2 Å². The van der Waals surface area contributed by atoms with Crippen molar-refractivity contribution in [2.45, 2.75) is 11.3 Å². The van der Waals surface area contributed by atoms with Crippen molar-refractivity contribution in [2.24, 2.45) is 5.92 Å². The van der Waals surface area contributed by atoms with Crippen molar-refractivity contribution in [2.75, 3.05) is 25.5 Å². The summed E-state index contributed by atoms with van der Waals surface area (Å²) in [5, 5.41) is 0. The Morgan fingerprint density at radius 3 is 2.94 bits per heavy atom. The summed E-state index contributed by atoms with van der Waals surface area (Å²) in [6.07, 6.45) is 0.821. The van der Waals surface area contributed by atoms with Crippen molar-refractivity contribution in [3.8, 4) is 0 Å². The third kappa shape index (κ3) is 2.80. The molecule has 0 amide bonds. The lowest BCUT2D eigenvalue weighted by Gasteiger charge is -2.12. The van der Waals surface area contributed by atoms with Crippen molar-refractivity contribution in [3.05, 3.63) is 24.0 Å². The van der Waals surface area contributed by atoms with Crippen molar-refractivity contribution in [1.29, 1.82) is 0 Å². The lowest BCUT2D eigenvalue weighted by atomic mass is 10.1. The molecule has 1 aromatic carbocycles. The van der Waals surface area contributed by atoms with Gasteiger partial charge in [-0.15, -0.1) is 0 Å². The monoisotopic (exact) mass is 274 g/mol. The predicted octanol–water partition coefficient (Wildman–Crippen LogP) is 0.723. The molecule has 18 heavy (non-hydrogen) atoms. The Kier molecular flexibility index (Phi) is 3.84. The molecule has 3 N–H and O–H groups in total. The molecule has 1 unspecified atom stereocenters. The summed E-state index contributed by atoms with van der Waals surface area (Å²) < 4.78 is 44.7. The highest BCUT2D eigenvalue weighted by Crippen LogP contribution is 2.21. The van der Waals surface area contributed by atoms with Crippen molar-refractivity contribution in [1.82, 2.24) is 4.72 Å². The number of hydrogen-bond donors (Lipinski definition) is 2. The molecule has 0 aromatic heterocycles. The van der Waals surface area contributed by atoms with Gasteiger partial charge in [-0.3, -0.25) is 0 Å². The summed E-state index contributed by atoms with van der Waals surface area (Å²) >= 11 is 0. The van der Waals surface area contributed by atoms with Crippen LogP contribution in [0.4, 0.5) is 10.1 Å². The van der Waals surface area contributed by atoms with E-state index in [1.807, 2.05) is 0 Å². The summed E-state index contributed by atoms with van der Waals surface area (Å²) in [7, 11) is -3.77. The molecule has 2 rings (SSSR count). The zero-order valence-corrected chi connectivity index (χ0v) is 10.5. The molecule has 1 fully saturated rings. The predicted molar refractivity (Wildman–Crippen MR) is 64.9 cm³/mol. The van der Waals surface area contributed by atoms with Crippen LogP contribution >= 0.6 is 0 Å². The van der Waals surface area contributed by atoms with Gasteiger partial charge in [0, 0.05) is 13.2 Å². The summed E-state index contributed by atoms with van der Waals surface area (Å²) in [5.74, 6) is -0.573. The summed E-state index contributed by atoms with van der Waals surface area (Å²) in [4.78, 5) is -0.221. The molecule has 0 saturated carbocycles. The number of nitrogen functional groups attached to an aromatic ring is 1. The molecule has 0 aliphatic carbocycles. The van der Waals surface area contributed by atoms with Gasteiger partial charge in [-0.2, -0.15) is 0 Å². The van der Waals surface area contributed by atoms with E-state index in [1.165, 1.54) is 12.1 Å². The minimum absolute atomic E-state index is 0.162. The Labute approximate surface area is 105 Å². The number of nitrogens with one attached hydrogen (secondary N) is 1. The van der Waals surface area contributed by atoms with E-state index in [9.17, 15) is 12.8 Å². The van der Waals surface area contributed by atoms with Crippen LogP contribution in [0, 0.1) is 11.7 Å². The molecule has 1 saturated heterocycles. The maximum Gasteiger partial charge on any atom is 0.242 e. The van der Waals surface area contributed by atoms with Crippen molar-refractivity contribution in [3.63, 3.8) is 0 Å². The second-order valence-electron chi connectivity index (χ2n) is 4.23. The van der Waals surface area contributed by atoms with Gasteiger partial charge in [0.2, 0.25) is 10.0 Å². The Bertz CT molecular complexity index is 527. The van der Waals surface area contributed by atoms with Gasteiger partial charge < -0.3 is 10.5 Å². The largest absolute Gasteiger partial charge is 0.395 e. The Hall–Kier alpha value is -1.18. The molecule has 5 nitrogen and oxygen atoms in total. The first-order valence-corrected chi connectivity index (χ1v) is 7.10. The lowest BCUT2D eigenvalue weighted by molar-refractivity contribution is 0.186. The second kappa shape index (κ2) is 5.21. The zero-order valence-electron chi connectivity index (χ0n) is 9.73. The van der Waals surface area contributed by atoms with Crippen LogP contribution in [0.1, 0.15) is 6.42 Å². The molecule has 1 aliphatic rings. The summed E-state index contributed by atoms with van der Waals surface area (Å²) in [5.41, 5.74) is 5.08. The van der Waals surface area contributed by atoms with Gasteiger partial charge in [-0.05, 0) is 24.5 Å². The summed E-state index contributed by atoms with van der Waals surface area (Å²) in [6.45, 7) is 1.47. The first-order chi connectivity index (χ1) is 8.50. The molecule has 0 spiro atoms. The van der Waals surface area contributed by atoms with Crippen LogP contribution in [0.15, 0.2) is 23.1 Å². The number of para-hydroxylation sites is 1. The highest BCUT2D eigenvalue weighted by molar-refractivity contribution is 7.89. The number of hydrogen-bond acceptors (Lipinski definition) is 4. The van der Waals surface area contributed by atoms with E-state index in [1.54, 1.807) is 0 Å². The van der Waals surface area contributed by atoms with Crippen LogP contribution in [0.3, 0.4) is 0 Å². The first-order valence-electron chi connectivity index (χ1n) is 5.62. The van der Waals surface area contributed by atoms with E-state index < -0.39 is 15.8 Å². The number of benzene rings is 1.